The molecule has 1 N–H and O–H groups in total. The zero-order valence-electron chi connectivity index (χ0n) is 15.8. The molecule has 7 nitrogen and oxygen atoms in total. The van der Waals surface area contributed by atoms with Crippen LogP contribution < -0.4 is 5.32 Å². The van der Waals surface area contributed by atoms with Gasteiger partial charge >= 0.3 is 12.2 Å². The van der Waals surface area contributed by atoms with Gasteiger partial charge in [0.25, 0.3) is 0 Å². The van der Waals surface area contributed by atoms with Gasteiger partial charge in [0, 0.05) is 32.0 Å². The lowest BCUT2D eigenvalue weighted by Gasteiger charge is -2.28. The first kappa shape index (κ1) is 19.5. The van der Waals surface area contributed by atoms with Crippen molar-refractivity contribution in [2.24, 2.45) is 5.92 Å². The Hall–Kier alpha value is -2.31. The Morgan fingerprint density at radius 3 is 2.52 bits per heavy atom. The first-order chi connectivity index (χ1) is 13.2. The molecule has 7 heteroatoms. The summed E-state index contributed by atoms with van der Waals surface area (Å²) in [6.45, 7) is 2.65. The average Bonchev–Trinajstić information content (AvgIpc) is 3.23. The third-order valence-electron chi connectivity index (χ3n) is 5.31. The van der Waals surface area contributed by atoms with E-state index >= 15 is 0 Å². The van der Waals surface area contributed by atoms with Crippen LogP contribution >= 0.6 is 0 Å². The minimum absolute atomic E-state index is 0.0449. The second-order valence-corrected chi connectivity index (χ2v) is 7.35. The van der Waals surface area contributed by atoms with Gasteiger partial charge in [-0.25, -0.2) is 9.59 Å². The first-order valence-corrected chi connectivity index (χ1v) is 9.96. The maximum absolute atomic E-state index is 11.9. The summed E-state index contributed by atoms with van der Waals surface area (Å²) in [5, 5.41) is 2.80. The largest absolute Gasteiger partial charge is 0.449 e. The summed E-state index contributed by atoms with van der Waals surface area (Å²) < 4.78 is 10.9. The molecule has 0 unspecified atom stereocenters. The molecule has 1 aliphatic carbocycles. The molecule has 2 fully saturated rings. The third-order valence-corrected chi connectivity index (χ3v) is 5.31. The van der Waals surface area contributed by atoms with Gasteiger partial charge in [-0.2, -0.15) is 0 Å². The van der Waals surface area contributed by atoms with E-state index in [1.165, 1.54) is 0 Å². The molecule has 2 aliphatic rings. The van der Waals surface area contributed by atoms with Crippen molar-refractivity contribution in [2.45, 2.75) is 51.0 Å². The molecule has 0 spiro atoms. The fraction of sp³-hybridized carbons (Fsp3) is 0.650. The summed E-state index contributed by atoms with van der Waals surface area (Å²) in [7, 11) is 0. The highest BCUT2D eigenvalue weighted by atomic mass is 16.6. The molecular formula is C20H29N3O4. The molecule has 1 aliphatic heterocycles. The number of hydrogen-bond donors (Lipinski definition) is 1. The van der Waals surface area contributed by atoms with Crippen LogP contribution in [0, 0.1) is 5.92 Å². The molecule has 1 saturated carbocycles. The second-order valence-electron chi connectivity index (χ2n) is 7.35. The number of nitrogens with one attached hydrogen (secondary N) is 1. The molecule has 1 saturated heterocycles. The normalized spacial score (nSPS) is 22.3. The summed E-state index contributed by atoms with van der Waals surface area (Å²) in [5.74, 6) is 0.367. The number of hydrogen-bond acceptors (Lipinski definition) is 5. The minimum Gasteiger partial charge on any atom is -0.449 e. The molecule has 0 atom stereocenters. The number of carbonyl (C=O) groups is 2. The Morgan fingerprint density at radius 2 is 1.81 bits per heavy atom. The summed E-state index contributed by atoms with van der Waals surface area (Å²) >= 11 is 0. The van der Waals surface area contributed by atoms with Crippen LogP contribution in [0.5, 0.6) is 0 Å². The molecule has 2 amide bonds. The lowest BCUT2D eigenvalue weighted by atomic mass is 9.88. The maximum Gasteiger partial charge on any atom is 0.409 e. The predicted octanol–water partition coefficient (Wildman–Crippen LogP) is 3.14. The van der Waals surface area contributed by atoms with Crippen molar-refractivity contribution in [3.8, 4) is 0 Å². The molecule has 27 heavy (non-hydrogen) atoms. The highest BCUT2D eigenvalue weighted by Crippen LogP contribution is 2.26. The highest BCUT2D eigenvalue weighted by molar-refractivity contribution is 5.68. The van der Waals surface area contributed by atoms with Crippen molar-refractivity contribution in [1.29, 1.82) is 0 Å². The summed E-state index contributed by atoms with van der Waals surface area (Å²) in [5.41, 5.74) is 1.13. The van der Waals surface area contributed by atoms with Crippen molar-refractivity contribution >= 4 is 12.2 Å². The van der Waals surface area contributed by atoms with E-state index in [1.54, 1.807) is 17.3 Å². The molecule has 1 aromatic rings. The van der Waals surface area contributed by atoms with Crippen molar-refractivity contribution in [3.63, 3.8) is 0 Å². The van der Waals surface area contributed by atoms with Gasteiger partial charge < -0.3 is 19.7 Å². The van der Waals surface area contributed by atoms with E-state index in [0.29, 0.717) is 19.1 Å². The highest BCUT2D eigenvalue weighted by Gasteiger charge is 2.26. The second kappa shape index (κ2) is 10.1. The molecule has 0 aromatic carbocycles. The van der Waals surface area contributed by atoms with Crippen molar-refractivity contribution in [3.05, 3.63) is 30.1 Å². The fourth-order valence-corrected chi connectivity index (χ4v) is 3.65. The fourth-order valence-electron chi connectivity index (χ4n) is 3.65. The van der Waals surface area contributed by atoms with Gasteiger partial charge in [-0.3, -0.25) is 4.98 Å². The minimum atomic E-state index is -0.354. The Bertz CT molecular complexity index is 597. The van der Waals surface area contributed by atoms with Gasteiger partial charge in [0.05, 0.1) is 6.61 Å². The maximum atomic E-state index is 11.9. The van der Waals surface area contributed by atoms with E-state index in [9.17, 15) is 9.59 Å². The van der Waals surface area contributed by atoms with Crippen LogP contribution in [0.15, 0.2) is 24.5 Å². The Morgan fingerprint density at radius 1 is 1.11 bits per heavy atom. The molecule has 1 aromatic heterocycles. The van der Waals surface area contributed by atoms with Gasteiger partial charge in [0.2, 0.25) is 0 Å². The number of carbonyl (C=O) groups excluding carboxylic acids is 2. The topological polar surface area (TPSA) is 80.8 Å². The number of pyridine rings is 1. The van der Waals surface area contributed by atoms with Crippen molar-refractivity contribution < 1.29 is 19.1 Å². The summed E-state index contributed by atoms with van der Waals surface area (Å²) in [6.07, 6.45) is 9.29. The zero-order chi connectivity index (χ0) is 18.9. The van der Waals surface area contributed by atoms with Gasteiger partial charge in [-0.1, -0.05) is 0 Å². The monoisotopic (exact) mass is 375 g/mol. The van der Waals surface area contributed by atoms with Crippen LogP contribution in [0.4, 0.5) is 9.59 Å². The van der Waals surface area contributed by atoms with Crippen molar-refractivity contribution in [1.82, 2.24) is 15.2 Å². The van der Waals surface area contributed by atoms with Crippen LogP contribution in [0.3, 0.4) is 0 Å². The average molecular weight is 375 g/mol. The molecule has 148 valence electrons. The number of amides is 2. The Kier molecular flexibility index (Phi) is 7.30. The number of alkyl carbamates (subject to hydrolysis) is 1. The number of ether oxygens (including phenoxy) is 2. The molecular weight excluding hydrogens is 346 g/mol. The van der Waals surface area contributed by atoms with E-state index in [4.69, 9.17) is 9.47 Å². The lowest BCUT2D eigenvalue weighted by molar-refractivity contribution is 0.0445. The summed E-state index contributed by atoms with van der Waals surface area (Å²) in [4.78, 5) is 29.6. The smallest absolute Gasteiger partial charge is 0.409 e. The van der Waals surface area contributed by atoms with Crippen LogP contribution in [-0.2, 0) is 15.9 Å². The molecule has 3 rings (SSSR count). The molecule has 2 heterocycles. The van der Waals surface area contributed by atoms with E-state index in [2.05, 4.69) is 10.3 Å². The molecule has 0 bridgehead atoms. The number of nitrogens with zero attached hydrogens (tertiary/aromatic N) is 2. The Balaban J connectivity index is 1.26. The predicted molar refractivity (Wildman–Crippen MR) is 100 cm³/mol. The number of aromatic nitrogens is 1. The number of likely N-dealkylation sites (tertiary alicyclic amines) is 1. The van der Waals surface area contributed by atoms with E-state index in [0.717, 1.165) is 63.6 Å². The van der Waals surface area contributed by atoms with E-state index in [1.807, 2.05) is 12.1 Å². The summed E-state index contributed by atoms with van der Waals surface area (Å²) in [6, 6.07) is 3.87. The van der Waals surface area contributed by atoms with Crippen LogP contribution in [0.1, 0.15) is 44.1 Å². The number of rotatable bonds is 6. The standard InChI is InChI=1S/C20H29N3O4/c24-19(22-12-9-16-7-10-21-11-8-16)27-18-5-3-17(4-6-18)15-26-20(25)23-13-1-2-14-23/h7-8,10-11,17-18H,1-6,9,12-15H2,(H,22,24). The first-order valence-electron chi connectivity index (χ1n) is 9.96. The SMILES string of the molecule is O=C(NCCc1ccncc1)OC1CCC(COC(=O)N2CCCC2)CC1. The molecule has 0 radical (unpaired) electrons. The van der Waals surface area contributed by atoms with Crippen LogP contribution in [0.25, 0.3) is 0 Å². The lowest BCUT2D eigenvalue weighted by Crippen LogP contribution is -2.34. The van der Waals surface area contributed by atoms with Crippen molar-refractivity contribution in [2.75, 3.05) is 26.2 Å². The quantitative estimate of drug-likeness (QED) is 0.826. The zero-order valence-corrected chi connectivity index (χ0v) is 15.8. The van der Waals surface area contributed by atoms with E-state index < -0.39 is 0 Å². The van der Waals surface area contributed by atoms with Gasteiger partial charge in [-0.15, -0.1) is 0 Å². The Labute approximate surface area is 160 Å². The van der Waals surface area contributed by atoms with E-state index in [-0.39, 0.29) is 18.3 Å². The third kappa shape index (κ3) is 6.41. The van der Waals surface area contributed by atoms with Gasteiger partial charge in [0.15, 0.2) is 0 Å². The van der Waals surface area contributed by atoms with Crippen LogP contribution in [0.2, 0.25) is 0 Å². The van der Waals surface area contributed by atoms with Gasteiger partial charge in [0.1, 0.15) is 6.10 Å². The van der Waals surface area contributed by atoms with Crippen LogP contribution in [-0.4, -0.2) is 54.4 Å². The van der Waals surface area contributed by atoms with Gasteiger partial charge in [-0.05, 0) is 68.6 Å².